The normalized spacial score (nSPS) is 10.8. The highest BCUT2D eigenvalue weighted by atomic mass is 16.6. The van der Waals surface area contributed by atoms with Crippen molar-refractivity contribution in [2.24, 2.45) is 0 Å². The maximum absolute atomic E-state index is 12.1. The van der Waals surface area contributed by atoms with Crippen LogP contribution in [0.2, 0.25) is 0 Å². The summed E-state index contributed by atoms with van der Waals surface area (Å²) in [5.74, 6) is -0.219. The van der Waals surface area contributed by atoms with Crippen molar-refractivity contribution in [2.45, 2.75) is 19.9 Å². The van der Waals surface area contributed by atoms with E-state index in [2.05, 4.69) is 35.0 Å². The molecular formula is C19H19N3O3. The number of carbonyl (C=O) groups is 1. The van der Waals surface area contributed by atoms with Crippen molar-refractivity contribution >= 4 is 22.5 Å². The first-order valence-corrected chi connectivity index (χ1v) is 8.14. The Morgan fingerprint density at radius 1 is 1.16 bits per heavy atom. The summed E-state index contributed by atoms with van der Waals surface area (Å²) in [6.07, 6.45) is 0.804. The number of hydrogen-bond acceptors (Lipinski definition) is 3. The topological polar surface area (TPSA) is 77.2 Å². The first-order valence-electron chi connectivity index (χ1n) is 8.14. The summed E-state index contributed by atoms with van der Waals surface area (Å²) >= 11 is 0. The zero-order chi connectivity index (χ0) is 17.8. The Kier molecular flexibility index (Phi) is 4.79. The minimum atomic E-state index is -0.481. The summed E-state index contributed by atoms with van der Waals surface area (Å²) in [6, 6.07) is 16.0. The Morgan fingerprint density at radius 3 is 2.60 bits per heavy atom. The quantitative estimate of drug-likeness (QED) is 0.423. The van der Waals surface area contributed by atoms with Gasteiger partial charge in [-0.2, -0.15) is 0 Å². The number of non-ortho nitro benzene ring substituents is 1. The molecule has 0 fully saturated rings. The van der Waals surface area contributed by atoms with Crippen LogP contribution in [0.3, 0.4) is 0 Å². The summed E-state index contributed by atoms with van der Waals surface area (Å²) in [7, 11) is 0. The van der Waals surface area contributed by atoms with E-state index in [0.29, 0.717) is 12.1 Å². The van der Waals surface area contributed by atoms with Gasteiger partial charge in [-0.05, 0) is 43.0 Å². The number of aryl methyl sites for hydroxylation is 2. The van der Waals surface area contributed by atoms with E-state index in [1.807, 2.05) is 12.1 Å². The molecule has 0 aliphatic rings. The highest BCUT2D eigenvalue weighted by molar-refractivity contribution is 5.94. The lowest BCUT2D eigenvalue weighted by Crippen LogP contribution is -2.25. The Balaban J connectivity index is 1.55. The maximum Gasteiger partial charge on any atom is 0.269 e. The molecule has 0 saturated carbocycles. The number of nitro groups is 1. The van der Waals surface area contributed by atoms with Crippen LogP contribution < -0.4 is 5.32 Å². The van der Waals surface area contributed by atoms with E-state index in [4.69, 9.17) is 0 Å². The number of para-hydroxylation sites is 1. The number of amides is 1. The molecule has 1 amide bonds. The van der Waals surface area contributed by atoms with Crippen molar-refractivity contribution in [1.82, 2.24) is 9.88 Å². The molecule has 6 nitrogen and oxygen atoms in total. The second-order valence-corrected chi connectivity index (χ2v) is 5.91. The zero-order valence-electron chi connectivity index (χ0n) is 13.9. The van der Waals surface area contributed by atoms with Gasteiger partial charge in [-0.25, -0.2) is 0 Å². The van der Waals surface area contributed by atoms with Crippen LogP contribution >= 0.6 is 0 Å². The van der Waals surface area contributed by atoms with E-state index in [1.165, 1.54) is 40.9 Å². The number of hydrogen-bond donors (Lipinski definition) is 1. The molecule has 25 heavy (non-hydrogen) atoms. The molecule has 1 N–H and O–H groups in total. The molecule has 0 spiro atoms. The first-order chi connectivity index (χ1) is 12.1. The lowest BCUT2D eigenvalue weighted by atomic mass is 10.2. The molecular weight excluding hydrogens is 318 g/mol. The SMILES string of the molecule is Cc1cc2ccccc2n1CCCNC(=O)c1ccc([N+](=O)[O-])cc1. The van der Waals surface area contributed by atoms with Gasteiger partial charge in [0.1, 0.15) is 0 Å². The third kappa shape index (κ3) is 3.68. The van der Waals surface area contributed by atoms with Gasteiger partial charge in [0.25, 0.3) is 11.6 Å². The molecule has 2 aromatic carbocycles. The smallest absolute Gasteiger partial charge is 0.269 e. The number of aromatic nitrogens is 1. The molecule has 0 atom stereocenters. The molecule has 0 unspecified atom stereocenters. The minimum absolute atomic E-state index is 0.0217. The second-order valence-electron chi connectivity index (χ2n) is 5.91. The van der Waals surface area contributed by atoms with Crippen molar-refractivity contribution in [1.29, 1.82) is 0 Å². The van der Waals surface area contributed by atoms with Crippen molar-refractivity contribution in [3.8, 4) is 0 Å². The Hall–Kier alpha value is -3.15. The third-order valence-electron chi connectivity index (χ3n) is 4.20. The third-order valence-corrected chi connectivity index (χ3v) is 4.20. The van der Waals surface area contributed by atoms with E-state index in [1.54, 1.807) is 0 Å². The fourth-order valence-corrected chi connectivity index (χ4v) is 2.92. The Bertz CT molecular complexity index is 913. The predicted molar refractivity (Wildman–Crippen MR) is 96.7 cm³/mol. The van der Waals surface area contributed by atoms with Gasteiger partial charge in [0, 0.05) is 42.0 Å². The van der Waals surface area contributed by atoms with Gasteiger partial charge in [0.2, 0.25) is 0 Å². The molecule has 128 valence electrons. The molecule has 1 heterocycles. The van der Waals surface area contributed by atoms with E-state index in [9.17, 15) is 14.9 Å². The summed E-state index contributed by atoms with van der Waals surface area (Å²) in [4.78, 5) is 22.2. The van der Waals surface area contributed by atoms with Crippen LogP contribution in [0, 0.1) is 17.0 Å². The van der Waals surface area contributed by atoms with Crippen LogP contribution in [-0.4, -0.2) is 21.9 Å². The van der Waals surface area contributed by atoms with Crippen molar-refractivity contribution in [3.63, 3.8) is 0 Å². The fourth-order valence-electron chi connectivity index (χ4n) is 2.92. The average Bonchev–Trinajstić information content (AvgIpc) is 2.94. The van der Waals surface area contributed by atoms with Gasteiger partial charge in [0.15, 0.2) is 0 Å². The molecule has 6 heteroatoms. The molecule has 3 aromatic rings. The monoisotopic (exact) mass is 337 g/mol. The van der Waals surface area contributed by atoms with Crippen LogP contribution in [0.5, 0.6) is 0 Å². The van der Waals surface area contributed by atoms with Crippen molar-refractivity contribution in [3.05, 3.63) is 76.0 Å². The molecule has 0 aliphatic heterocycles. The van der Waals surface area contributed by atoms with Crippen LogP contribution in [0.15, 0.2) is 54.6 Å². The molecule has 0 radical (unpaired) electrons. The molecule has 1 aromatic heterocycles. The molecule has 0 saturated heterocycles. The predicted octanol–water partition coefficient (Wildman–Crippen LogP) is 3.68. The highest BCUT2D eigenvalue weighted by Crippen LogP contribution is 2.19. The average molecular weight is 337 g/mol. The summed E-state index contributed by atoms with van der Waals surface area (Å²) < 4.78 is 2.24. The summed E-state index contributed by atoms with van der Waals surface area (Å²) in [5.41, 5.74) is 2.80. The minimum Gasteiger partial charge on any atom is -0.352 e. The summed E-state index contributed by atoms with van der Waals surface area (Å²) in [6.45, 7) is 3.44. The number of nitrogens with one attached hydrogen (secondary N) is 1. The number of rotatable bonds is 6. The van der Waals surface area contributed by atoms with Crippen molar-refractivity contribution < 1.29 is 9.72 Å². The van der Waals surface area contributed by atoms with Gasteiger partial charge in [-0.15, -0.1) is 0 Å². The van der Waals surface area contributed by atoms with Gasteiger partial charge in [-0.1, -0.05) is 18.2 Å². The number of nitrogens with zero attached hydrogens (tertiary/aromatic N) is 2. The van der Waals surface area contributed by atoms with Crippen molar-refractivity contribution in [2.75, 3.05) is 6.54 Å². The van der Waals surface area contributed by atoms with Gasteiger partial charge >= 0.3 is 0 Å². The van der Waals surface area contributed by atoms with Crippen LogP contribution in [0.25, 0.3) is 10.9 Å². The molecule has 0 bridgehead atoms. The second kappa shape index (κ2) is 7.17. The summed E-state index contributed by atoms with van der Waals surface area (Å²) in [5, 5.41) is 14.7. The van der Waals surface area contributed by atoms with Gasteiger partial charge in [0.05, 0.1) is 4.92 Å². The largest absolute Gasteiger partial charge is 0.352 e. The van der Waals surface area contributed by atoms with Gasteiger partial charge in [-0.3, -0.25) is 14.9 Å². The lowest BCUT2D eigenvalue weighted by molar-refractivity contribution is -0.384. The first kappa shape index (κ1) is 16.7. The van der Waals surface area contributed by atoms with E-state index in [0.717, 1.165) is 13.0 Å². The number of nitro benzene ring substituents is 1. The maximum atomic E-state index is 12.1. The van der Waals surface area contributed by atoms with E-state index < -0.39 is 4.92 Å². The number of benzene rings is 2. The van der Waals surface area contributed by atoms with E-state index >= 15 is 0 Å². The zero-order valence-corrected chi connectivity index (χ0v) is 13.9. The molecule has 0 aliphatic carbocycles. The number of fused-ring (bicyclic) bond motifs is 1. The Labute approximate surface area is 145 Å². The molecule has 3 rings (SSSR count). The Morgan fingerprint density at radius 2 is 1.88 bits per heavy atom. The lowest BCUT2D eigenvalue weighted by Gasteiger charge is -2.09. The van der Waals surface area contributed by atoms with Crippen LogP contribution in [0.1, 0.15) is 22.5 Å². The van der Waals surface area contributed by atoms with Crippen LogP contribution in [-0.2, 0) is 6.54 Å². The fraction of sp³-hybridized carbons (Fsp3) is 0.211. The van der Waals surface area contributed by atoms with Crippen LogP contribution in [0.4, 0.5) is 5.69 Å². The standard InChI is InChI=1S/C19H19N3O3/c1-14-13-16-5-2-3-6-18(16)21(14)12-4-11-20-19(23)15-7-9-17(10-8-15)22(24)25/h2-3,5-10,13H,4,11-12H2,1H3,(H,20,23). The van der Waals surface area contributed by atoms with Gasteiger partial charge < -0.3 is 9.88 Å². The highest BCUT2D eigenvalue weighted by Gasteiger charge is 2.09. The number of carbonyl (C=O) groups excluding carboxylic acids is 1. The van der Waals surface area contributed by atoms with E-state index in [-0.39, 0.29) is 11.6 Å².